The first kappa shape index (κ1) is 15.3. The van der Waals surface area contributed by atoms with E-state index in [2.05, 4.69) is 5.32 Å². The Morgan fingerprint density at radius 2 is 1.71 bits per heavy atom. The molecule has 2 unspecified atom stereocenters. The van der Waals surface area contributed by atoms with E-state index in [4.69, 9.17) is 4.74 Å². The SMILES string of the molecule is COc1ccc(O)c(C(C)NC(C)c2ccc(F)cc2)c1. The Kier molecular flexibility index (Phi) is 4.81. The van der Waals surface area contributed by atoms with Crippen molar-refractivity contribution in [1.82, 2.24) is 5.32 Å². The third kappa shape index (κ3) is 3.73. The lowest BCUT2D eigenvalue weighted by molar-refractivity contribution is 0.405. The number of halogens is 1. The van der Waals surface area contributed by atoms with E-state index in [1.54, 1.807) is 31.4 Å². The lowest BCUT2D eigenvalue weighted by Crippen LogP contribution is -2.22. The molecule has 0 aromatic heterocycles. The van der Waals surface area contributed by atoms with Gasteiger partial charge in [-0.3, -0.25) is 0 Å². The van der Waals surface area contributed by atoms with Gasteiger partial charge >= 0.3 is 0 Å². The molecule has 0 amide bonds. The van der Waals surface area contributed by atoms with Crippen molar-refractivity contribution in [2.45, 2.75) is 25.9 Å². The molecule has 0 spiro atoms. The Hall–Kier alpha value is -2.07. The standard InChI is InChI=1S/C17H20FNO2/c1-11(13-4-6-14(18)7-5-13)19-12(2)16-10-15(21-3)8-9-17(16)20/h4-12,19-20H,1-3H3. The van der Waals surface area contributed by atoms with Gasteiger partial charge in [-0.1, -0.05) is 12.1 Å². The molecule has 2 aromatic rings. The first-order valence-corrected chi connectivity index (χ1v) is 6.89. The number of rotatable bonds is 5. The van der Waals surface area contributed by atoms with Crippen LogP contribution in [-0.4, -0.2) is 12.2 Å². The zero-order chi connectivity index (χ0) is 15.4. The fourth-order valence-corrected chi connectivity index (χ4v) is 2.32. The molecule has 2 rings (SSSR count). The predicted octanol–water partition coefficient (Wildman–Crippen LogP) is 3.95. The Morgan fingerprint density at radius 1 is 1.05 bits per heavy atom. The van der Waals surface area contributed by atoms with E-state index in [0.717, 1.165) is 11.1 Å². The summed E-state index contributed by atoms with van der Waals surface area (Å²) in [6, 6.07) is 11.5. The van der Waals surface area contributed by atoms with Gasteiger partial charge in [-0.15, -0.1) is 0 Å². The maximum absolute atomic E-state index is 12.9. The molecule has 0 radical (unpaired) electrons. The molecule has 0 aliphatic rings. The number of aromatic hydroxyl groups is 1. The van der Waals surface area contributed by atoms with Gasteiger partial charge in [-0.2, -0.15) is 0 Å². The second-order valence-electron chi connectivity index (χ2n) is 5.09. The van der Waals surface area contributed by atoms with Crippen LogP contribution in [0.3, 0.4) is 0 Å². The number of methoxy groups -OCH3 is 1. The van der Waals surface area contributed by atoms with Crippen LogP contribution in [0.25, 0.3) is 0 Å². The summed E-state index contributed by atoms with van der Waals surface area (Å²) in [5.74, 6) is 0.678. The summed E-state index contributed by atoms with van der Waals surface area (Å²) < 4.78 is 18.1. The second kappa shape index (κ2) is 6.59. The third-order valence-corrected chi connectivity index (χ3v) is 3.57. The van der Waals surface area contributed by atoms with E-state index >= 15 is 0 Å². The molecular weight excluding hydrogens is 269 g/mol. The fourth-order valence-electron chi connectivity index (χ4n) is 2.32. The molecule has 112 valence electrons. The van der Waals surface area contributed by atoms with Crippen LogP contribution < -0.4 is 10.1 Å². The minimum Gasteiger partial charge on any atom is -0.508 e. The van der Waals surface area contributed by atoms with E-state index in [9.17, 15) is 9.50 Å². The molecule has 2 atom stereocenters. The average Bonchev–Trinajstić information content (AvgIpc) is 2.48. The van der Waals surface area contributed by atoms with E-state index in [1.807, 2.05) is 19.9 Å². The van der Waals surface area contributed by atoms with Crippen molar-refractivity contribution in [3.63, 3.8) is 0 Å². The molecule has 21 heavy (non-hydrogen) atoms. The van der Waals surface area contributed by atoms with Crippen LogP contribution in [0.15, 0.2) is 42.5 Å². The predicted molar refractivity (Wildman–Crippen MR) is 81.0 cm³/mol. The molecule has 0 aliphatic heterocycles. The van der Waals surface area contributed by atoms with Gasteiger partial charge < -0.3 is 15.2 Å². The number of benzene rings is 2. The van der Waals surface area contributed by atoms with Gasteiger partial charge in [0, 0.05) is 17.6 Å². The van der Waals surface area contributed by atoms with Crippen LogP contribution in [-0.2, 0) is 0 Å². The van der Waals surface area contributed by atoms with Crippen LogP contribution in [0.1, 0.15) is 37.1 Å². The molecule has 0 aliphatic carbocycles. The highest BCUT2D eigenvalue weighted by Crippen LogP contribution is 2.29. The number of nitrogens with one attached hydrogen (secondary N) is 1. The summed E-state index contributed by atoms with van der Waals surface area (Å²) in [7, 11) is 1.59. The van der Waals surface area contributed by atoms with Crippen molar-refractivity contribution < 1.29 is 14.2 Å². The van der Waals surface area contributed by atoms with Gasteiger partial charge in [0.1, 0.15) is 17.3 Å². The number of ether oxygens (including phenoxy) is 1. The zero-order valence-electron chi connectivity index (χ0n) is 12.4. The van der Waals surface area contributed by atoms with Crippen molar-refractivity contribution in [2.24, 2.45) is 0 Å². The van der Waals surface area contributed by atoms with Gasteiger partial charge in [-0.25, -0.2) is 4.39 Å². The third-order valence-electron chi connectivity index (χ3n) is 3.57. The lowest BCUT2D eigenvalue weighted by Gasteiger charge is -2.22. The summed E-state index contributed by atoms with van der Waals surface area (Å²) in [6.07, 6.45) is 0. The zero-order valence-corrected chi connectivity index (χ0v) is 12.4. The maximum Gasteiger partial charge on any atom is 0.123 e. The van der Waals surface area contributed by atoms with Crippen LogP contribution >= 0.6 is 0 Å². The summed E-state index contributed by atoms with van der Waals surface area (Å²) >= 11 is 0. The molecule has 0 heterocycles. The van der Waals surface area contributed by atoms with Crippen molar-refractivity contribution >= 4 is 0 Å². The van der Waals surface area contributed by atoms with Gasteiger partial charge in [0.25, 0.3) is 0 Å². The molecule has 2 N–H and O–H groups in total. The second-order valence-corrected chi connectivity index (χ2v) is 5.09. The molecular formula is C17H20FNO2. The normalized spacial score (nSPS) is 13.7. The minimum absolute atomic E-state index is 0.0335. The topological polar surface area (TPSA) is 41.5 Å². The molecule has 3 nitrogen and oxygen atoms in total. The quantitative estimate of drug-likeness (QED) is 0.875. The number of hydrogen-bond donors (Lipinski definition) is 2. The van der Waals surface area contributed by atoms with Crippen LogP contribution in [0.2, 0.25) is 0 Å². The molecule has 4 heteroatoms. The van der Waals surface area contributed by atoms with Gasteiger partial charge in [-0.05, 0) is 49.7 Å². The van der Waals surface area contributed by atoms with Gasteiger partial charge in [0.2, 0.25) is 0 Å². The smallest absolute Gasteiger partial charge is 0.123 e. The van der Waals surface area contributed by atoms with E-state index in [-0.39, 0.29) is 23.7 Å². The summed E-state index contributed by atoms with van der Waals surface area (Å²) in [5, 5.41) is 13.4. The average molecular weight is 289 g/mol. The van der Waals surface area contributed by atoms with Crippen molar-refractivity contribution in [2.75, 3.05) is 7.11 Å². The van der Waals surface area contributed by atoms with Crippen LogP contribution in [0.5, 0.6) is 11.5 Å². The highest BCUT2D eigenvalue weighted by molar-refractivity contribution is 5.41. The molecule has 0 saturated carbocycles. The Labute approximate surface area is 124 Å². The minimum atomic E-state index is -0.246. The Balaban J connectivity index is 2.13. The van der Waals surface area contributed by atoms with E-state index < -0.39 is 0 Å². The highest BCUT2D eigenvalue weighted by atomic mass is 19.1. The maximum atomic E-state index is 12.9. The Bertz CT molecular complexity index is 598. The molecule has 2 aromatic carbocycles. The molecule has 0 saturated heterocycles. The van der Waals surface area contributed by atoms with E-state index in [0.29, 0.717) is 5.75 Å². The van der Waals surface area contributed by atoms with Crippen LogP contribution in [0, 0.1) is 5.82 Å². The van der Waals surface area contributed by atoms with Gasteiger partial charge in [0.05, 0.1) is 7.11 Å². The highest BCUT2D eigenvalue weighted by Gasteiger charge is 2.15. The number of phenolic OH excluding ortho intramolecular Hbond substituents is 1. The summed E-state index contributed by atoms with van der Waals surface area (Å²) in [5.41, 5.74) is 1.76. The molecule has 0 fully saturated rings. The van der Waals surface area contributed by atoms with Crippen LogP contribution in [0.4, 0.5) is 4.39 Å². The summed E-state index contributed by atoms with van der Waals surface area (Å²) in [4.78, 5) is 0. The largest absolute Gasteiger partial charge is 0.508 e. The number of phenols is 1. The van der Waals surface area contributed by atoms with Crippen molar-refractivity contribution in [1.29, 1.82) is 0 Å². The van der Waals surface area contributed by atoms with Gasteiger partial charge in [0.15, 0.2) is 0 Å². The summed E-state index contributed by atoms with van der Waals surface area (Å²) in [6.45, 7) is 3.97. The van der Waals surface area contributed by atoms with Crippen molar-refractivity contribution in [3.8, 4) is 11.5 Å². The first-order chi connectivity index (χ1) is 10.0. The monoisotopic (exact) mass is 289 g/mol. The number of hydrogen-bond acceptors (Lipinski definition) is 3. The Morgan fingerprint density at radius 3 is 2.33 bits per heavy atom. The molecule has 0 bridgehead atoms. The fraction of sp³-hybridized carbons (Fsp3) is 0.294. The van der Waals surface area contributed by atoms with Crippen molar-refractivity contribution in [3.05, 3.63) is 59.4 Å². The van der Waals surface area contributed by atoms with E-state index in [1.165, 1.54) is 12.1 Å². The first-order valence-electron chi connectivity index (χ1n) is 6.89. The lowest BCUT2D eigenvalue weighted by atomic mass is 10.0.